The van der Waals surface area contributed by atoms with Gasteiger partial charge in [0.25, 0.3) is 0 Å². The first kappa shape index (κ1) is 19.1. The molecule has 0 fully saturated rings. The minimum absolute atomic E-state index is 0.217. The molecule has 3 rings (SSSR count). The highest BCUT2D eigenvalue weighted by Gasteiger charge is 2.43. The Morgan fingerprint density at radius 2 is 2.00 bits per heavy atom. The van der Waals surface area contributed by atoms with Gasteiger partial charge in [0.2, 0.25) is 0 Å². The van der Waals surface area contributed by atoms with Crippen molar-refractivity contribution in [3.63, 3.8) is 0 Å². The van der Waals surface area contributed by atoms with Crippen molar-refractivity contribution in [1.82, 2.24) is 0 Å². The van der Waals surface area contributed by atoms with E-state index in [9.17, 15) is 8.78 Å². The first-order chi connectivity index (χ1) is 12.4. The molecule has 3 heteroatoms. The van der Waals surface area contributed by atoms with Crippen LogP contribution in [0.3, 0.4) is 0 Å². The maximum atomic E-state index is 14.6. The quantitative estimate of drug-likeness (QED) is 0.603. The normalized spacial score (nSPS) is 30.7. The van der Waals surface area contributed by atoms with Crippen molar-refractivity contribution in [1.29, 1.82) is 0 Å². The number of alkyl halides is 1. The van der Waals surface area contributed by atoms with Gasteiger partial charge in [-0.25, -0.2) is 8.78 Å². The van der Waals surface area contributed by atoms with E-state index in [0.717, 1.165) is 24.9 Å². The predicted octanol–water partition coefficient (Wildman–Crippen LogP) is 6.89. The summed E-state index contributed by atoms with van der Waals surface area (Å²) >= 11 is 0. The lowest BCUT2D eigenvalue weighted by Crippen LogP contribution is -2.46. The molecule has 2 unspecified atom stereocenters. The lowest BCUT2D eigenvalue weighted by Gasteiger charge is -2.44. The van der Waals surface area contributed by atoms with E-state index in [1.54, 1.807) is 0 Å². The number of rotatable bonds is 5. The van der Waals surface area contributed by atoms with Crippen molar-refractivity contribution in [2.75, 3.05) is 5.32 Å². The predicted molar refractivity (Wildman–Crippen MR) is 106 cm³/mol. The molecule has 1 heterocycles. The second-order valence-corrected chi connectivity index (χ2v) is 8.17. The highest BCUT2D eigenvalue weighted by Crippen LogP contribution is 2.46. The molecule has 142 valence electrons. The van der Waals surface area contributed by atoms with Gasteiger partial charge in [0, 0.05) is 11.7 Å². The molecule has 1 nitrogen and oxygen atoms in total. The molecule has 0 aromatic heterocycles. The van der Waals surface area contributed by atoms with Crippen LogP contribution < -0.4 is 5.32 Å². The molecule has 0 saturated carbocycles. The lowest BCUT2D eigenvalue weighted by atomic mass is 9.70. The summed E-state index contributed by atoms with van der Waals surface area (Å²) in [5, 5.41) is 3.53. The Morgan fingerprint density at radius 3 is 2.65 bits per heavy atom. The molecule has 1 aliphatic heterocycles. The Morgan fingerprint density at radius 1 is 1.23 bits per heavy atom. The minimum Gasteiger partial charge on any atom is -0.381 e. The zero-order chi connectivity index (χ0) is 18.8. The summed E-state index contributed by atoms with van der Waals surface area (Å²) in [6.07, 6.45) is 6.28. The van der Waals surface area contributed by atoms with E-state index in [0.29, 0.717) is 5.92 Å². The van der Waals surface area contributed by atoms with Crippen LogP contribution in [0, 0.1) is 11.8 Å². The van der Waals surface area contributed by atoms with Crippen LogP contribution in [0.5, 0.6) is 0 Å². The van der Waals surface area contributed by atoms with Gasteiger partial charge >= 0.3 is 0 Å². The van der Waals surface area contributed by atoms with Crippen LogP contribution in [0.15, 0.2) is 42.3 Å². The number of anilines is 1. The van der Waals surface area contributed by atoms with E-state index in [-0.39, 0.29) is 23.7 Å². The van der Waals surface area contributed by atoms with Gasteiger partial charge in [0.05, 0.1) is 5.92 Å². The van der Waals surface area contributed by atoms with Crippen LogP contribution in [0.2, 0.25) is 0 Å². The molecule has 5 atom stereocenters. The Bertz CT molecular complexity index is 691. The summed E-state index contributed by atoms with van der Waals surface area (Å²) in [5.41, 5.74) is 3.65. The van der Waals surface area contributed by atoms with Crippen molar-refractivity contribution in [3.05, 3.63) is 53.4 Å². The Labute approximate surface area is 156 Å². The van der Waals surface area contributed by atoms with Gasteiger partial charge in [-0.2, -0.15) is 0 Å². The van der Waals surface area contributed by atoms with Gasteiger partial charge in [-0.1, -0.05) is 58.7 Å². The number of hydrogen-bond acceptors (Lipinski definition) is 1. The number of allylic oxidation sites excluding steroid dienone is 3. The molecule has 1 N–H and O–H groups in total. The summed E-state index contributed by atoms with van der Waals surface area (Å²) in [5.74, 6) is -0.0970. The van der Waals surface area contributed by atoms with Gasteiger partial charge in [0.15, 0.2) is 0 Å². The zero-order valence-electron chi connectivity index (χ0n) is 16.3. The van der Waals surface area contributed by atoms with Crippen molar-refractivity contribution < 1.29 is 8.78 Å². The van der Waals surface area contributed by atoms with Crippen molar-refractivity contribution >= 4 is 5.69 Å². The largest absolute Gasteiger partial charge is 0.381 e. The topological polar surface area (TPSA) is 12.0 Å². The van der Waals surface area contributed by atoms with Crippen molar-refractivity contribution in [3.8, 4) is 0 Å². The molecule has 0 radical (unpaired) electrons. The fourth-order valence-electron chi connectivity index (χ4n) is 4.51. The van der Waals surface area contributed by atoms with Crippen LogP contribution in [0.4, 0.5) is 14.5 Å². The van der Waals surface area contributed by atoms with Crippen LogP contribution in [0.1, 0.15) is 69.9 Å². The maximum Gasteiger partial charge on any atom is 0.130 e. The average molecular weight is 360 g/mol. The SMILES string of the molecule is CCCC[C@@H]1[C@H](C)c2cc(C(C)C)ccc2N[C@H]1C1C(F)=CC=CC1F. The lowest BCUT2D eigenvalue weighted by molar-refractivity contribution is 0.191. The molecule has 1 aromatic carbocycles. The van der Waals surface area contributed by atoms with Crippen LogP contribution >= 0.6 is 0 Å². The van der Waals surface area contributed by atoms with Gasteiger partial charge in [-0.15, -0.1) is 0 Å². The Hall–Kier alpha value is -1.64. The molecule has 0 bridgehead atoms. The van der Waals surface area contributed by atoms with Crippen LogP contribution in [-0.2, 0) is 0 Å². The first-order valence-electron chi connectivity index (χ1n) is 10.0. The minimum atomic E-state index is -1.27. The van der Waals surface area contributed by atoms with E-state index >= 15 is 0 Å². The second kappa shape index (κ2) is 7.94. The fraction of sp³-hybridized carbons (Fsp3) is 0.565. The molecule has 0 saturated heterocycles. The first-order valence-corrected chi connectivity index (χ1v) is 10.0. The third-order valence-corrected chi connectivity index (χ3v) is 6.15. The molecule has 1 aliphatic carbocycles. The summed E-state index contributed by atoms with van der Waals surface area (Å²) in [4.78, 5) is 0. The van der Waals surface area contributed by atoms with Gasteiger partial charge < -0.3 is 5.32 Å². The van der Waals surface area contributed by atoms with E-state index in [1.807, 2.05) is 0 Å². The number of hydrogen-bond donors (Lipinski definition) is 1. The van der Waals surface area contributed by atoms with Crippen molar-refractivity contribution in [2.45, 2.75) is 71.0 Å². The third-order valence-electron chi connectivity index (χ3n) is 6.15. The average Bonchev–Trinajstić information content (AvgIpc) is 2.61. The number of halogens is 2. The van der Waals surface area contributed by atoms with Crippen LogP contribution in [0.25, 0.3) is 0 Å². The molecule has 2 aliphatic rings. The Balaban J connectivity index is 1.99. The molecule has 26 heavy (non-hydrogen) atoms. The maximum absolute atomic E-state index is 14.6. The fourth-order valence-corrected chi connectivity index (χ4v) is 4.51. The van der Waals surface area contributed by atoms with Gasteiger partial charge in [0.1, 0.15) is 12.0 Å². The van der Waals surface area contributed by atoms with E-state index in [2.05, 4.69) is 51.2 Å². The number of unbranched alkanes of at least 4 members (excludes halogenated alkanes) is 1. The summed E-state index contributed by atoms with van der Waals surface area (Å²) in [7, 11) is 0. The number of nitrogens with one attached hydrogen (secondary N) is 1. The van der Waals surface area contributed by atoms with E-state index in [1.165, 1.54) is 29.4 Å². The standard InChI is InChI=1S/C23H31F2N/c1-5-6-8-17-15(4)18-13-16(14(2)3)11-12-21(18)26-23(17)22-19(24)9-7-10-20(22)25/h7,9-15,17,19,22-23,26H,5-6,8H2,1-4H3/t15-,17+,19?,22?,23+/m0/s1. The summed E-state index contributed by atoms with van der Waals surface area (Å²) in [6.45, 7) is 8.79. The number of fused-ring (bicyclic) bond motifs is 1. The van der Waals surface area contributed by atoms with Crippen LogP contribution in [-0.4, -0.2) is 12.2 Å². The summed E-state index contributed by atoms with van der Waals surface area (Å²) < 4.78 is 29.2. The summed E-state index contributed by atoms with van der Waals surface area (Å²) in [6, 6.07) is 6.29. The van der Waals surface area contributed by atoms with E-state index in [4.69, 9.17) is 0 Å². The van der Waals surface area contributed by atoms with Crippen molar-refractivity contribution in [2.24, 2.45) is 11.8 Å². The molecule has 0 amide bonds. The highest BCUT2D eigenvalue weighted by molar-refractivity contribution is 5.58. The molecular weight excluding hydrogens is 328 g/mol. The third kappa shape index (κ3) is 3.58. The van der Waals surface area contributed by atoms with Gasteiger partial charge in [-0.05, 0) is 53.5 Å². The molecular formula is C23H31F2N. The highest BCUT2D eigenvalue weighted by atomic mass is 19.1. The Kier molecular flexibility index (Phi) is 5.84. The zero-order valence-corrected chi connectivity index (χ0v) is 16.3. The van der Waals surface area contributed by atoms with Gasteiger partial charge in [-0.3, -0.25) is 0 Å². The van der Waals surface area contributed by atoms with E-state index < -0.39 is 12.1 Å². The smallest absolute Gasteiger partial charge is 0.130 e. The molecule has 1 aromatic rings. The monoisotopic (exact) mass is 359 g/mol. The second-order valence-electron chi connectivity index (χ2n) is 8.17. The number of benzene rings is 1. The molecule has 0 spiro atoms.